The lowest BCUT2D eigenvalue weighted by Crippen LogP contribution is -2.44. The van der Waals surface area contributed by atoms with Crippen molar-refractivity contribution in [3.63, 3.8) is 0 Å². The summed E-state index contributed by atoms with van der Waals surface area (Å²) in [6.07, 6.45) is 1.60. The quantitative estimate of drug-likeness (QED) is 0.895. The van der Waals surface area contributed by atoms with Crippen LogP contribution in [0.3, 0.4) is 0 Å². The second kappa shape index (κ2) is 6.22. The van der Waals surface area contributed by atoms with E-state index >= 15 is 0 Å². The van der Waals surface area contributed by atoms with Gasteiger partial charge >= 0.3 is 0 Å². The molecule has 1 aromatic carbocycles. The molecule has 1 aliphatic heterocycles. The Morgan fingerprint density at radius 3 is 2.79 bits per heavy atom. The topological polar surface area (TPSA) is 58.2 Å². The summed E-state index contributed by atoms with van der Waals surface area (Å²) in [5, 5.41) is 3.35. The van der Waals surface area contributed by atoms with Gasteiger partial charge in [-0.25, -0.2) is 13.1 Å². The minimum absolute atomic E-state index is 0.319. The number of rotatable bonds is 4. The van der Waals surface area contributed by atoms with Crippen LogP contribution in [-0.2, 0) is 10.0 Å². The molecule has 19 heavy (non-hydrogen) atoms. The molecule has 0 amide bonds. The molecule has 0 aromatic heterocycles. The van der Waals surface area contributed by atoms with E-state index in [0.717, 1.165) is 18.5 Å². The van der Waals surface area contributed by atoms with Gasteiger partial charge < -0.3 is 5.32 Å². The molecule has 1 saturated heterocycles. The Bertz CT molecular complexity index is 527. The van der Waals surface area contributed by atoms with E-state index in [2.05, 4.69) is 10.0 Å². The Balaban J connectivity index is 2.09. The lowest BCUT2D eigenvalue weighted by Gasteiger charge is -2.25. The van der Waals surface area contributed by atoms with Crippen LogP contribution in [0.1, 0.15) is 31.4 Å². The molecule has 2 unspecified atom stereocenters. The highest BCUT2D eigenvalue weighted by Gasteiger charge is 2.28. The van der Waals surface area contributed by atoms with E-state index in [-0.39, 0.29) is 11.3 Å². The molecule has 106 valence electrons. The molecule has 1 aliphatic rings. The predicted octanol–water partition coefficient (Wildman–Crippen LogP) is 2.07. The molecule has 1 aromatic rings. The molecular weight excluding hydrogens is 284 g/mol. The van der Waals surface area contributed by atoms with E-state index in [1.54, 1.807) is 6.07 Å². The predicted molar refractivity (Wildman–Crippen MR) is 77.8 cm³/mol. The summed E-state index contributed by atoms with van der Waals surface area (Å²) in [6.45, 7) is 3.23. The molecule has 0 bridgehead atoms. The third kappa shape index (κ3) is 3.69. The SMILES string of the molecule is CC(NS(=O)(=O)C1CCCNC1)c1ccccc1Cl. The summed E-state index contributed by atoms with van der Waals surface area (Å²) in [4.78, 5) is 0. The molecule has 0 radical (unpaired) electrons. The number of hydrogen-bond acceptors (Lipinski definition) is 3. The van der Waals surface area contributed by atoms with Crippen molar-refractivity contribution < 1.29 is 8.42 Å². The van der Waals surface area contributed by atoms with Crippen molar-refractivity contribution in [3.05, 3.63) is 34.9 Å². The minimum atomic E-state index is -3.32. The summed E-state index contributed by atoms with van der Waals surface area (Å²) in [5.74, 6) is 0. The van der Waals surface area contributed by atoms with Crippen LogP contribution in [0.2, 0.25) is 5.02 Å². The molecule has 1 fully saturated rings. The van der Waals surface area contributed by atoms with Crippen molar-refractivity contribution in [2.45, 2.75) is 31.1 Å². The summed E-state index contributed by atoms with van der Waals surface area (Å²) in [7, 11) is -3.32. The van der Waals surface area contributed by atoms with Crippen LogP contribution in [0.5, 0.6) is 0 Å². The van der Waals surface area contributed by atoms with E-state index in [1.807, 2.05) is 25.1 Å². The average molecular weight is 303 g/mol. The van der Waals surface area contributed by atoms with Gasteiger partial charge in [0.1, 0.15) is 0 Å². The van der Waals surface area contributed by atoms with Gasteiger partial charge in [-0.2, -0.15) is 0 Å². The van der Waals surface area contributed by atoms with Crippen LogP contribution in [0.25, 0.3) is 0 Å². The molecule has 0 aliphatic carbocycles. The maximum Gasteiger partial charge on any atom is 0.216 e. The van der Waals surface area contributed by atoms with Gasteiger partial charge in [-0.05, 0) is 37.9 Å². The van der Waals surface area contributed by atoms with Crippen molar-refractivity contribution in [1.82, 2.24) is 10.0 Å². The first-order chi connectivity index (χ1) is 9.00. The highest BCUT2D eigenvalue weighted by molar-refractivity contribution is 7.90. The number of hydrogen-bond donors (Lipinski definition) is 2. The summed E-state index contributed by atoms with van der Waals surface area (Å²) in [5.41, 5.74) is 0.802. The maximum atomic E-state index is 12.3. The Morgan fingerprint density at radius 1 is 1.42 bits per heavy atom. The Hall–Kier alpha value is -0.620. The monoisotopic (exact) mass is 302 g/mol. The molecule has 1 heterocycles. The third-order valence-electron chi connectivity index (χ3n) is 3.40. The Labute approximate surface area is 119 Å². The van der Waals surface area contributed by atoms with Crippen molar-refractivity contribution in [3.8, 4) is 0 Å². The van der Waals surface area contributed by atoms with Crippen LogP contribution in [0.15, 0.2) is 24.3 Å². The average Bonchev–Trinajstić information content (AvgIpc) is 2.39. The van der Waals surface area contributed by atoms with Gasteiger partial charge in [-0.1, -0.05) is 29.8 Å². The van der Waals surface area contributed by atoms with Crippen LogP contribution in [0, 0.1) is 0 Å². The van der Waals surface area contributed by atoms with Gasteiger partial charge in [0.15, 0.2) is 0 Å². The number of benzene rings is 1. The van der Waals surface area contributed by atoms with Crippen LogP contribution in [-0.4, -0.2) is 26.8 Å². The largest absolute Gasteiger partial charge is 0.315 e. The first kappa shape index (κ1) is 14.8. The van der Waals surface area contributed by atoms with E-state index in [0.29, 0.717) is 18.0 Å². The van der Waals surface area contributed by atoms with E-state index in [4.69, 9.17) is 11.6 Å². The van der Waals surface area contributed by atoms with Crippen LogP contribution in [0.4, 0.5) is 0 Å². The van der Waals surface area contributed by atoms with Gasteiger partial charge in [-0.15, -0.1) is 0 Å². The highest BCUT2D eigenvalue weighted by atomic mass is 35.5. The number of nitrogens with one attached hydrogen (secondary N) is 2. The van der Waals surface area contributed by atoms with Crippen LogP contribution >= 0.6 is 11.6 Å². The minimum Gasteiger partial charge on any atom is -0.315 e. The highest BCUT2D eigenvalue weighted by Crippen LogP contribution is 2.24. The van der Waals surface area contributed by atoms with Crippen molar-refractivity contribution in [1.29, 1.82) is 0 Å². The zero-order chi connectivity index (χ0) is 13.9. The number of piperidine rings is 1. The number of halogens is 1. The molecule has 2 atom stereocenters. The Kier molecular flexibility index (Phi) is 4.84. The van der Waals surface area contributed by atoms with E-state index in [9.17, 15) is 8.42 Å². The zero-order valence-electron chi connectivity index (χ0n) is 10.9. The lowest BCUT2D eigenvalue weighted by atomic mass is 10.1. The van der Waals surface area contributed by atoms with Crippen molar-refractivity contribution >= 4 is 21.6 Å². The molecule has 4 nitrogen and oxygen atoms in total. The summed E-state index contributed by atoms with van der Waals surface area (Å²) in [6, 6.07) is 6.98. The van der Waals surface area contributed by atoms with E-state index < -0.39 is 10.0 Å². The smallest absolute Gasteiger partial charge is 0.216 e. The molecular formula is C13H19ClN2O2S. The first-order valence-electron chi connectivity index (χ1n) is 6.47. The van der Waals surface area contributed by atoms with Crippen LogP contribution < -0.4 is 10.0 Å². The molecule has 2 rings (SSSR count). The normalized spacial score (nSPS) is 22.1. The molecule has 0 spiro atoms. The fraction of sp³-hybridized carbons (Fsp3) is 0.538. The van der Waals surface area contributed by atoms with Gasteiger partial charge in [0.25, 0.3) is 0 Å². The standard InChI is InChI=1S/C13H19ClN2O2S/c1-10(12-6-2-3-7-13(12)14)16-19(17,18)11-5-4-8-15-9-11/h2-3,6-7,10-11,15-16H,4-5,8-9H2,1H3. The summed E-state index contributed by atoms with van der Waals surface area (Å²) >= 11 is 6.09. The summed E-state index contributed by atoms with van der Waals surface area (Å²) < 4.78 is 27.3. The molecule has 2 N–H and O–H groups in total. The fourth-order valence-corrected chi connectivity index (χ4v) is 4.24. The maximum absolute atomic E-state index is 12.3. The fourth-order valence-electron chi connectivity index (χ4n) is 2.32. The van der Waals surface area contributed by atoms with E-state index in [1.165, 1.54) is 0 Å². The molecule has 6 heteroatoms. The number of sulfonamides is 1. The van der Waals surface area contributed by atoms with Gasteiger partial charge in [0, 0.05) is 17.6 Å². The lowest BCUT2D eigenvalue weighted by molar-refractivity contribution is 0.485. The first-order valence-corrected chi connectivity index (χ1v) is 8.39. The second-order valence-corrected chi connectivity index (χ2v) is 7.27. The Morgan fingerprint density at radius 2 is 2.16 bits per heavy atom. The van der Waals surface area contributed by atoms with Gasteiger partial charge in [0.2, 0.25) is 10.0 Å². The zero-order valence-corrected chi connectivity index (χ0v) is 12.5. The third-order valence-corrected chi connectivity index (χ3v) is 5.71. The molecule has 0 saturated carbocycles. The van der Waals surface area contributed by atoms with Crippen molar-refractivity contribution in [2.24, 2.45) is 0 Å². The van der Waals surface area contributed by atoms with Gasteiger partial charge in [-0.3, -0.25) is 0 Å². The van der Waals surface area contributed by atoms with Gasteiger partial charge in [0.05, 0.1) is 5.25 Å². The van der Waals surface area contributed by atoms with Crippen molar-refractivity contribution in [2.75, 3.05) is 13.1 Å². The second-order valence-electron chi connectivity index (χ2n) is 4.87.